The van der Waals surface area contributed by atoms with E-state index < -0.39 is 6.09 Å². The predicted octanol–water partition coefficient (Wildman–Crippen LogP) is 2.08. The molecule has 18 heavy (non-hydrogen) atoms. The summed E-state index contributed by atoms with van der Waals surface area (Å²) >= 11 is 0. The molecule has 1 aromatic heterocycles. The van der Waals surface area contributed by atoms with Gasteiger partial charge in [-0.2, -0.15) is 0 Å². The molecular weight excluding hydrogens is 232 g/mol. The first-order valence-corrected chi connectivity index (χ1v) is 5.62. The van der Waals surface area contributed by atoms with Crippen LogP contribution in [-0.4, -0.2) is 29.4 Å². The number of nitrogens with zero attached hydrogens (tertiary/aromatic N) is 1. The SMILES string of the molecule is Cc1ccc2cccc(NC(=O)OCCO)c2n1. The van der Waals surface area contributed by atoms with Crippen molar-refractivity contribution in [2.75, 3.05) is 18.5 Å². The Morgan fingerprint density at radius 3 is 3.00 bits per heavy atom. The molecule has 0 aliphatic heterocycles. The van der Waals surface area contributed by atoms with Crippen molar-refractivity contribution in [1.82, 2.24) is 4.98 Å². The molecule has 0 bridgehead atoms. The van der Waals surface area contributed by atoms with Gasteiger partial charge in [-0.15, -0.1) is 0 Å². The second-order valence-electron chi connectivity index (χ2n) is 3.81. The van der Waals surface area contributed by atoms with Crippen LogP contribution in [-0.2, 0) is 4.74 Å². The summed E-state index contributed by atoms with van der Waals surface area (Å²) in [5.41, 5.74) is 2.19. The third-order valence-corrected chi connectivity index (χ3v) is 2.42. The molecule has 5 heteroatoms. The number of carbonyl (C=O) groups excluding carboxylic acids is 1. The number of aryl methyl sites for hydroxylation is 1. The van der Waals surface area contributed by atoms with Crippen LogP contribution >= 0.6 is 0 Å². The summed E-state index contributed by atoms with van der Waals surface area (Å²) in [5.74, 6) is 0. The highest BCUT2D eigenvalue weighted by atomic mass is 16.6. The summed E-state index contributed by atoms with van der Waals surface area (Å²) in [6.07, 6.45) is -0.597. The zero-order chi connectivity index (χ0) is 13.0. The average molecular weight is 246 g/mol. The number of hydrogen-bond acceptors (Lipinski definition) is 4. The summed E-state index contributed by atoms with van der Waals surface area (Å²) in [5, 5.41) is 12.1. The number of anilines is 1. The van der Waals surface area contributed by atoms with Crippen LogP contribution < -0.4 is 5.32 Å². The Morgan fingerprint density at radius 1 is 1.39 bits per heavy atom. The minimum absolute atomic E-state index is 0.0247. The highest BCUT2D eigenvalue weighted by Gasteiger charge is 2.07. The Labute approximate surface area is 104 Å². The maximum absolute atomic E-state index is 11.4. The molecule has 5 nitrogen and oxygen atoms in total. The number of aliphatic hydroxyl groups is 1. The van der Waals surface area contributed by atoms with Crippen molar-refractivity contribution in [1.29, 1.82) is 0 Å². The first-order chi connectivity index (χ1) is 8.70. The Balaban J connectivity index is 2.27. The predicted molar refractivity (Wildman–Crippen MR) is 68.5 cm³/mol. The van der Waals surface area contributed by atoms with Crippen LogP contribution in [0.25, 0.3) is 10.9 Å². The number of amides is 1. The van der Waals surface area contributed by atoms with E-state index in [-0.39, 0.29) is 13.2 Å². The van der Waals surface area contributed by atoms with Crippen molar-refractivity contribution < 1.29 is 14.6 Å². The summed E-state index contributed by atoms with van der Waals surface area (Å²) in [7, 11) is 0. The maximum atomic E-state index is 11.4. The summed E-state index contributed by atoms with van der Waals surface area (Å²) < 4.78 is 4.75. The van der Waals surface area contributed by atoms with Crippen LogP contribution in [0.4, 0.5) is 10.5 Å². The molecule has 0 fully saturated rings. The number of aromatic nitrogens is 1. The van der Waals surface area contributed by atoms with Gasteiger partial charge in [0.15, 0.2) is 0 Å². The largest absolute Gasteiger partial charge is 0.447 e. The van der Waals surface area contributed by atoms with Crippen molar-refractivity contribution in [2.24, 2.45) is 0 Å². The van der Waals surface area contributed by atoms with Crippen LogP contribution in [0, 0.1) is 6.92 Å². The Kier molecular flexibility index (Phi) is 3.74. The van der Waals surface area contributed by atoms with Gasteiger partial charge >= 0.3 is 6.09 Å². The van der Waals surface area contributed by atoms with Crippen molar-refractivity contribution in [3.63, 3.8) is 0 Å². The highest BCUT2D eigenvalue weighted by Crippen LogP contribution is 2.21. The Hall–Kier alpha value is -2.14. The Morgan fingerprint density at radius 2 is 2.22 bits per heavy atom. The fraction of sp³-hybridized carbons (Fsp3) is 0.231. The normalized spacial score (nSPS) is 10.3. The molecule has 0 aliphatic rings. The van der Waals surface area contributed by atoms with Crippen LogP contribution in [0.2, 0.25) is 0 Å². The van der Waals surface area contributed by atoms with E-state index in [9.17, 15) is 4.79 Å². The van der Waals surface area contributed by atoms with E-state index in [1.807, 2.05) is 31.2 Å². The lowest BCUT2D eigenvalue weighted by molar-refractivity contribution is 0.131. The van der Waals surface area contributed by atoms with E-state index in [2.05, 4.69) is 10.3 Å². The molecule has 0 saturated carbocycles. The van der Waals surface area contributed by atoms with Gasteiger partial charge in [-0.3, -0.25) is 10.3 Å². The van der Waals surface area contributed by atoms with Gasteiger partial charge in [-0.1, -0.05) is 18.2 Å². The zero-order valence-electron chi connectivity index (χ0n) is 10.0. The average Bonchev–Trinajstić information content (AvgIpc) is 2.37. The summed E-state index contributed by atoms with van der Waals surface area (Å²) in [4.78, 5) is 15.8. The molecule has 0 saturated heterocycles. The molecule has 0 atom stereocenters. The van der Waals surface area contributed by atoms with Crippen LogP contribution in [0.3, 0.4) is 0 Å². The standard InChI is InChI=1S/C13H14N2O3/c1-9-5-6-10-3-2-4-11(12(10)14-9)15-13(17)18-8-7-16/h2-6,16H,7-8H2,1H3,(H,15,17). The highest BCUT2D eigenvalue weighted by molar-refractivity contribution is 5.97. The first-order valence-electron chi connectivity index (χ1n) is 5.62. The Bertz CT molecular complexity index is 569. The number of carbonyl (C=O) groups is 1. The lowest BCUT2D eigenvalue weighted by Gasteiger charge is -2.08. The number of ether oxygens (including phenoxy) is 1. The lowest BCUT2D eigenvalue weighted by atomic mass is 10.2. The third-order valence-electron chi connectivity index (χ3n) is 2.42. The molecule has 0 radical (unpaired) electrons. The number of para-hydroxylation sites is 1. The van der Waals surface area contributed by atoms with Gasteiger partial charge in [-0.25, -0.2) is 4.79 Å². The number of rotatable bonds is 3. The van der Waals surface area contributed by atoms with Crippen molar-refractivity contribution in [3.8, 4) is 0 Å². The molecule has 2 N–H and O–H groups in total. The fourth-order valence-electron chi connectivity index (χ4n) is 1.63. The molecule has 1 amide bonds. The summed E-state index contributed by atoms with van der Waals surface area (Å²) in [6.45, 7) is 1.67. The quantitative estimate of drug-likeness (QED) is 0.869. The van der Waals surface area contributed by atoms with E-state index >= 15 is 0 Å². The number of pyridine rings is 1. The van der Waals surface area contributed by atoms with Gasteiger partial charge in [0.1, 0.15) is 6.61 Å². The number of hydrogen-bond donors (Lipinski definition) is 2. The number of nitrogens with one attached hydrogen (secondary N) is 1. The molecule has 2 rings (SSSR count). The van der Waals surface area contributed by atoms with Gasteiger partial charge in [0, 0.05) is 11.1 Å². The van der Waals surface area contributed by atoms with Crippen molar-refractivity contribution >= 4 is 22.7 Å². The molecular formula is C13H14N2O3. The molecule has 1 aromatic carbocycles. The lowest BCUT2D eigenvalue weighted by Crippen LogP contribution is -2.16. The van der Waals surface area contributed by atoms with Gasteiger partial charge in [-0.05, 0) is 19.1 Å². The second kappa shape index (κ2) is 5.46. The molecule has 0 unspecified atom stereocenters. The topological polar surface area (TPSA) is 71.5 Å². The van der Waals surface area contributed by atoms with Crippen LogP contribution in [0.1, 0.15) is 5.69 Å². The molecule has 0 spiro atoms. The third kappa shape index (κ3) is 2.75. The van der Waals surface area contributed by atoms with Crippen LogP contribution in [0.15, 0.2) is 30.3 Å². The number of benzene rings is 1. The van der Waals surface area contributed by atoms with Crippen molar-refractivity contribution in [2.45, 2.75) is 6.92 Å². The van der Waals surface area contributed by atoms with E-state index in [1.165, 1.54) is 0 Å². The minimum Gasteiger partial charge on any atom is -0.447 e. The minimum atomic E-state index is -0.597. The monoisotopic (exact) mass is 246 g/mol. The number of aliphatic hydroxyl groups excluding tert-OH is 1. The second-order valence-corrected chi connectivity index (χ2v) is 3.81. The zero-order valence-corrected chi connectivity index (χ0v) is 10.0. The number of fused-ring (bicyclic) bond motifs is 1. The smallest absolute Gasteiger partial charge is 0.411 e. The van der Waals surface area contributed by atoms with Gasteiger partial charge in [0.2, 0.25) is 0 Å². The van der Waals surface area contributed by atoms with E-state index in [4.69, 9.17) is 9.84 Å². The molecule has 94 valence electrons. The first kappa shape index (κ1) is 12.3. The van der Waals surface area contributed by atoms with Gasteiger partial charge in [0.05, 0.1) is 17.8 Å². The maximum Gasteiger partial charge on any atom is 0.411 e. The van der Waals surface area contributed by atoms with Crippen LogP contribution in [0.5, 0.6) is 0 Å². The molecule has 0 aliphatic carbocycles. The van der Waals surface area contributed by atoms with Crippen molar-refractivity contribution in [3.05, 3.63) is 36.0 Å². The fourth-order valence-corrected chi connectivity index (χ4v) is 1.63. The summed E-state index contributed by atoms with van der Waals surface area (Å²) in [6, 6.07) is 9.38. The van der Waals surface area contributed by atoms with E-state index in [1.54, 1.807) is 6.07 Å². The molecule has 1 heterocycles. The van der Waals surface area contributed by atoms with E-state index in [0.29, 0.717) is 5.69 Å². The van der Waals surface area contributed by atoms with E-state index in [0.717, 1.165) is 16.6 Å². The van der Waals surface area contributed by atoms with Gasteiger partial charge < -0.3 is 9.84 Å². The molecule has 2 aromatic rings. The van der Waals surface area contributed by atoms with Gasteiger partial charge in [0.25, 0.3) is 0 Å².